The Labute approximate surface area is 211 Å². The first-order chi connectivity index (χ1) is 17.3. The minimum absolute atomic E-state index is 0.0908. The van der Waals surface area contributed by atoms with Gasteiger partial charge in [0, 0.05) is 11.3 Å². The molecule has 2 saturated carbocycles. The van der Waals surface area contributed by atoms with E-state index in [4.69, 9.17) is 28.4 Å². The molecule has 1 spiro atoms. The highest BCUT2D eigenvalue weighted by Crippen LogP contribution is 2.66. The van der Waals surface area contributed by atoms with Gasteiger partial charge in [0.05, 0.1) is 34.5 Å². The average molecular weight is 505 g/mol. The summed E-state index contributed by atoms with van der Waals surface area (Å²) in [5.41, 5.74) is -1.69. The van der Waals surface area contributed by atoms with Crippen LogP contribution < -0.4 is 14.2 Å². The number of hydrogen-bond donors (Lipinski definition) is 0. The zero-order chi connectivity index (χ0) is 26.1. The monoisotopic (exact) mass is 504 g/mol. The molecule has 36 heavy (non-hydrogen) atoms. The van der Waals surface area contributed by atoms with Crippen LogP contribution in [0.1, 0.15) is 63.9 Å². The van der Waals surface area contributed by atoms with Gasteiger partial charge in [-0.3, -0.25) is 14.4 Å². The largest absolute Gasteiger partial charge is 0.493 e. The molecule has 0 radical (unpaired) electrons. The summed E-state index contributed by atoms with van der Waals surface area (Å²) >= 11 is 0. The number of methoxy groups -OCH3 is 3. The van der Waals surface area contributed by atoms with E-state index in [1.807, 2.05) is 0 Å². The molecule has 0 unspecified atom stereocenters. The van der Waals surface area contributed by atoms with Gasteiger partial charge >= 0.3 is 17.9 Å². The molecule has 1 saturated heterocycles. The highest BCUT2D eigenvalue weighted by atomic mass is 16.6. The molecule has 1 heterocycles. The van der Waals surface area contributed by atoms with Gasteiger partial charge in [-0.25, -0.2) is 0 Å². The van der Waals surface area contributed by atoms with E-state index in [1.165, 1.54) is 21.3 Å². The van der Waals surface area contributed by atoms with Gasteiger partial charge in [-0.05, 0) is 50.8 Å². The van der Waals surface area contributed by atoms with E-state index in [0.29, 0.717) is 22.8 Å². The first-order valence-corrected chi connectivity index (χ1v) is 12.7. The van der Waals surface area contributed by atoms with E-state index < -0.39 is 46.7 Å². The molecule has 0 bridgehead atoms. The second-order valence-electron chi connectivity index (χ2n) is 9.83. The van der Waals surface area contributed by atoms with Crippen molar-refractivity contribution in [2.75, 3.05) is 34.5 Å². The maximum Gasteiger partial charge on any atom is 0.324 e. The number of esters is 3. The van der Waals surface area contributed by atoms with Crippen LogP contribution in [0.25, 0.3) is 0 Å². The van der Waals surface area contributed by atoms with Gasteiger partial charge in [0.2, 0.25) is 5.75 Å². The molecule has 3 aliphatic rings. The highest BCUT2D eigenvalue weighted by Gasteiger charge is 2.73. The predicted octanol–water partition coefficient (Wildman–Crippen LogP) is 3.80. The number of rotatable bonds is 8. The summed E-state index contributed by atoms with van der Waals surface area (Å²) in [5.74, 6) is -2.30. The van der Waals surface area contributed by atoms with Crippen molar-refractivity contribution in [1.82, 2.24) is 0 Å². The lowest BCUT2D eigenvalue weighted by molar-refractivity contribution is -0.240. The second-order valence-corrected chi connectivity index (χ2v) is 9.83. The molecule has 9 heteroatoms. The minimum Gasteiger partial charge on any atom is -0.493 e. The van der Waals surface area contributed by atoms with E-state index in [1.54, 1.807) is 26.0 Å². The molecular formula is C27H36O9. The van der Waals surface area contributed by atoms with Crippen LogP contribution in [0.5, 0.6) is 17.2 Å². The molecule has 198 valence electrons. The van der Waals surface area contributed by atoms with Crippen LogP contribution in [0, 0.1) is 16.7 Å². The lowest BCUT2D eigenvalue weighted by Crippen LogP contribution is -2.68. The highest BCUT2D eigenvalue weighted by molar-refractivity contribution is 6.03. The number of hydrogen-bond acceptors (Lipinski definition) is 9. The van der Waals surface area contributed by atoms with Crippen molar-refractivity contribution in [3.05, 3.63) is 17.7 Å². The number of fused-ring (bicyclic) bond motifs is 2. The smallest absolute Gasteiger partial charge is 0.324 e. The Morgan fingerprint density at radius 1 is 0.917 bits per heavy atom. The normalized spacial score (nSPS) is 25.6. The number of carbonyl (C=O) groups is 3. The molecule has 3 atom stereocenters. The fraction of sp³-hybridized carbons (Fsp3) is 0.667. The SMILES string of the molecule is CCOC(=O)C1(C(=O)OCC)CC2(CCCCC2)[C@H]2OC(=O)[C@H]2[C@@H]1c1cc(OC)c(OC)c(OC)c1. The summed E-state index contributed by atoms with van der Waals surface area (Å²) in [6, 6.07) is 3.39. The Balaban J connectivity index is 1.99. The van der Waals surface area contributed by atoms with E-state index in [0.717, 1.165) is 32.1 Å². The van der Waals surface area contributed by atoms with Crippen molar-refractivity contribution in [3.8, 4) is 17.2 Å². The van der Waals surface area contributed by atoms with Gasteiger partial charge in [0.15, 0.2) is 16.9 Å². The second kappa shape index (κ2) is 10.2. The van der Waals surface area contributed by atoms with Crippen molar-refractivity contribution in [2.24, 2.45) is 16.7 Å². The molecule has 3 fully saturated rings. The molecule has 1 aromatic carbocycles. The molecule has 4 rings (SSSR count). The van der Waals surface area contributed by atoms with E-state index >= 15 is 0 Å². The first kappa shape index (κ1) is 26.1. The maximum atomic E-state index is 13.9. The Morgan fingerprint density at radius 2 is 1.47 bits per heavy atom. The Bertz CT molecular complexity index is 967. The molecule has 0 N–H and O–H groups in total. The van der Waals surface area contributed by atoms with Crippen molar-refractivity contribution in [3.63, 3.8) is 0 Å². The zero-order valence-electron chi connectivity index (χ0n) is 21.7. The van der Waals surface area contributed by atoms with Crippen LogP contribution in [-0.2, 0) is 28.6 Å². The van der Waals surface area contributed by atoms with Crippen LogP contribution in [0.3, 0.4) is 0 Å². The van der Waals surface area contributed by atoms with E-state index in [-0.39, 0.29) is 19.6 Å². The summed E-state index contributed by atoms with van der Waals surface area (Å²) in [5, 5.41) is 0. The Kier molecular flexibility index (Phi) is 7.38. The fourth-order valence-electron chi connectivity index (χ4n) is 6.71. The van der Waals surface area contributed by atoms with Crippen LogP contribution in [0.15, 0.2) is 12.1 Å². The summed E-state index contributed by atoms with van der Waals surface area (Å²) in [6.45, 7) is 3.58. The molecule has 1 aromatic rings. The predicted molar refractivity (Wildman–Crippen MR) is 128 cm³/mol. The van der Waals surface area contributed by atoms with Crippen molar-refractivity contribution >= 4 is 17.9 Å². The Hall–Kier alpha value is -2.97. The summed E-state index contributed by atoms with van der Waals surface area (Å²) in [7, 11) is 4.47. The Morgan fingerprint density at radius 3 is 1.92 bits per heavy atom. The van der Waals surface area contributed by atoms with Crippen LogP contribution in [0.4, 0.5) is 0 Å². The topological polar surface area (TPSA) is 107 Å². The van der Waals surface area contributed by atoms with Gasteiger partial charge < -0.3 is 28.4 Å². The van der Waals surface area contributed by atoms with Crippen LogP contribution in [0.2, 0.25) is 0 Å². The third-order valence-corrected chi connectivity index (χ3v) is 8.14. The van der Waals surface area contributed by atoms with Crippen molar-refractivity contribution in [2.45, 2.75) is 64.4 Å². The quantitative estimate of drug-likeness (QED) is 0.297. The lowest BCUT2D eigenvalue weighted by atomic mass is 9.46. The lowest BCUT2D eigenvalue weighted by Gasteiger charge is -2.60. The fourth-order valence-corrected chi connectivity index (χ4v) is 6.71. The molecule has 0 aromatic heterocycles. The standard InChI is InChI=1S/C27H36O9/c1-6-34-24(29)27(25(30)35-7-2)15-26(11-9-8-10-12-26)22-19(23(28)36-22)20(27)16-13-17(31-3)21(33-5)18(14-16)32-4/h13-14,19-20,22H,6-12,15H2,1-5H3/t19-,20-,22-/m0/s1. The third-order valence-electron chi connectivity index (χ3n) is 8.14. The minimum atomic E-state index is -1.73. The molecule has 9 nitrogen and oxygen atoms in total. The number of benzene rings is 1. The third kappa shape index (κ3) is 3.87. The summed E-state index contributed by atoms with van der Waals surface area (Å²) in [4.78, 5) is 40.9. The molecule has 0 amide bonds. The van der Waals surface area contributed by atoms with Crippen molar-refractivity contribution in [1.29, 1.82) is 0 Å². The van der Waals surface area contributed by atoms with Crippen LogP contribution in [-0.4, -0.2) is 58.6 Å². The molecular weight excluding hydrogens is 468 g/mol. The molecule has 2 aliphatic carbocycles. The summed E-state index contributed by atoms with van der Waals surface area (Å²) in [6.07, 6.45) is 4.28. The number of carbonyl (C=O) groups excluding carboxylic acids is 3. The van der Waals surface area contributed by atoms with Gasteiger partial charge in [-0.15, -0.1) is 0 Å². The first-order valence-electron chi connectivity index (χ1n) is 12.7. The van der Waals surface area contributed by atoms with E-state index in [2.05, 4.69) is 0 Å². The van der Waals surface area contributed by atoms with Gasteiger partial charge in [-0.2, -0.15) is 0 Å². The van der Waals surface area contributed by atoms with Crippen LogP contribution >= 0.6 is 0 Å². The maximum absolute atomic E-state index is 13.9. The number of ether oxygens (including phenoxy) is 6. The molecule has 1 aliphatic heterocycles. The van der Waals surface area contributed by atoms with Gasteiger partial charge in [0.1, 0.15) is 12.0 Å². The zero-order valence-corrected chi connectivity index (χ0v) is 21.7. The van der Waals surface area contributed by atoms with Gasteiger partial charge in [-0.1, -0.05) is 19.3 Å². The van der Waals surface area contributed by atoms with E-state index in [9.17, 15) is 14.4 Å². The average Bonchev–Trinajstić information content (AvgIpc) is 2.88. The van der Waals surface area contributed by atoms with Crippen molar-refractivity contribution < 1.29 is 42.8 Å². The van der Waals surface area contributed by atoms with Gasteiger partial charge in [0.25, 0.3) is 0 Å². The summed E-state index contributed by atoms with van der Waals surface area (Å²) < 4.78 is 33.5.